The Kier molecular flexibility index (Phi) is 7.80. The number of non-ortho nitro benzene ring substituents is 1. The number of fused-ring (bicyclic) bond motifs is 3. The lowest BCUT2D eigenvalue weighted by Crippen LogP contribution is -2.13. The summed E-state index contributed by atoms with van der Waals surface area (Å²) in [6.07, 6.45) is 2.55. The fourth-order valence-corrected chi connectivity index (χ4v) is 3.89. The van der Waals surface area contributed by atoms with Crippen LogP contribution in [0.25, 0.3) is 21.9 Å². The predicted octanol–water partition coefficient (Wildman–Crippen LogP) is 7.74. The molecule has 0 spiro atoms. The van der Waals surface area contributed by atoms with E-state index in [0.717, 1.165) is 6.07 Å². The number of nitro benzene ring substituents is 1. The molecule has 0 unspecified atom stereocenters. The molecule has 2 heterocycles. The van der Waals surface area contributed by atoms with Crippen LogP contribution >= 0.6 is 23.2 Å². The van der Waals surface area contributed by atoms with E-state index in [2.05, 4.69) is 15.0 Å². The highest BCUT2D eigenvalue weighted by atomic mass is 35.5. The summed E-state index contributed by atoms with van der Waals surface area (Å²) in [4.78, 5) is 27.4. The maximum absolute atomic E-state index is 13.0. The summed E-state index contributed by atoms with van der Waals surface area (Å²) in [6.45, 7) is -3.15. The molecule has 0 radical (unpaired) electrons. The minimum absolute atomic E-state index is 0.0280. The highest BCUT2D eigenvalue weighted by Crippen LogP contribution is 2.40. The predicted molar refractivity (Wildman–Crippen MR) is 136 cm³/mol. The molecule has 0 fully saturated rings. The number of ether oxygens (including phenoxy) is 1. The third-order valence-corrected chi connectivity index (χ3v) is 5.57. The van der Waals surface area contributed by atoms with Gasteiger partial charge in [0.05, 0.1) is 26.2 Å². The van der Waals surface area contributed by atoms with E-state index < -0.39 is 17.4 Å². The van der Waals surface area contributed by atoms with Crippen LogP contribution in [-0.2, 0) is 0 Å². The van der Waals surface area contributed by atoms with E-state index in [0.29, 0.717) is 0 Å². The maximum Gasteiger partial charge on any atom is 0.387 e. The minimum Gasteiger partial charge on any atom is -0.452 e. The van der Waals surface area contributed by atoms with E-state index in [1.54, 1.807) is 0 Å². The van der Waals surface area contributed by atoms with Crippen LogP contribution in [-0.4, -0.2) is 22.4 Å². The standard InChI is InChI=1S/C19H9Cl2F2N3O5.C6H6/c20-11-6-24-7-12(21)16(11)25-18(27)9-2-4-14(31-19(22)23)17-15(9)10-5-8(26(28)29)1-3-13(10)30-17;1-2-4-6-5-3-1/h1-7,19H,(H,24,25,27);1-6H. The number of hydrogen-bond donors (Lipinski definition) is 1. The van der Waals surface area contributed by atoms with Crippen LogP contribution in [0.2, 0.25) is 10.0 Å². The maximum atomic E-state index is 13.0. The second kappa shape index (κ2) is 11.2. The van der Waals surface area contributed by atoms with E-state index in [4.69, 9.17) is 27.6 Å². The Bertz CT molecular complexity index is 1550. The zero-order valence-corrected chi connectivity index (χ0v) is 20.0. The number of benzene rings is 3. The Balaban J connectivity index is 0.000000469. The Morgan fingerprint density at radius 3 is 2.22 bits per heavy atom. The number of hydrogen-bond acceptors (Lipinski definition) is 6. The quantitative estimate of drug-likeness (QED) is 0.179. The number of carbonyl (C=O) groups excluding carboxylic acids is 1. The molecule has 37 heavy (non-hydrogen) atoms. The summed E-state index contributed by atoms with van der Waals surface area (Å²) in [5.41, 5.74) is -0.250. The fraction of sp³-hybridized carbons (Fsp3) is 0.0400. The summed E-state index contributed by atoms with van der Waals surface area (Å²) in [5, 5.41) is 14.1. The Hall–Kier alpha value is -4.28. The Morgan fingerprint density at radius 1 is 1.03 bits per heavy atom. The zero-order valence-electron chi connectivity index (χ0n) is 18.5. The van der Waals surface area contributed by atoms with Crippen LogP contribution in [0.1, 0.15) is 10.4 Å². The number of nitrogens with one attached hydrogen (secondary N) is 1. The fourth-order valence-electron chi connectivity index (χ4n) is 3.43. The first-order valence-electron chi connectivity index (χ1n) is 10.4. The number of anilines is 1. The SMILES string of the molecule is O=C(Nc1c(Cl)cncc1Cl)c1ccc(OC(F)F)c2oc3ccc([N+](=O)[O-])cc3c12.c1ccccc1. The third-order valence-electron chi connectivity index (χ3n) is 5.00. The second-order valence-electron chi connectivity index (χ2n) is 7.32. The Labute approximate surface area is 217 Å². The van der Waals surface area contributed by atoms with Crippen molar-refractivity contribution in [1.82, 2.24) is 4.98 Å². The molecule has 3 aromatic carbocycles. The van der Waals surface area contributed by atoms with Gasteiger partial charge in [-0.15, -0.1) is 0 Å². The molecule has 0 aliphatic rings. The van der Waals surface area contributed by atoms with E-state index in [1.807, 2.05) is 36.4 Å². The van der Waals surface area contributed by atoms with Crippen LogP contribution in [0.4, 0.5) is 20.2 Å². The number of alkyl halides is 2. The van der Waals surface area contributed by atoms with Crippen molar-refractivity contribution in [3.8, 4) is 5.75 Å². The number of amides is 1. The average molecular weight is 546 g/mol. The molecule has 5 rings (SSSR count). The van der Waals surface area contributed by atoms with Gasteiger partial charge in [0.1, 0.15) is 5.58 Å². The van der Waals surface area contributed by atoms with Crippen LogP contribution in [0.3, 0.4) is 0 Å². The van der Waals surface area contributed by atoms with Gasteiger partial charge in [-0.2, -0.15) is 8.78 Å². The number of halogens is 4. The van der Waals surface area contributed by atoms with Crippen LogP contribution in [0.5, 0.6) is 5.75 Å². The van der Waals surface area contributed by atoms with Gasteiger partial charge in [-0.25, -0.2) is 0 Å². The van der Waals surface area contributed by atoms with Gasteiger partial charge in [-0.3, -0.25) is 19.9 Å². The van der Waals surface area contributed by atoms with Gasteiger partial charge in [-0.05, 0) is 18.2 Å². The molecule has 188 valence electrons. The largest absolute Gasteiger partial charge is 0.452 e. The topological polar surface area (TPSA) is 108 Å². The van der Waals surface area contributed by atoms with Crippen molar-refractivity contribution >= 4 is 62.4 Å². The molecule has 0 bridgehead atoms. The van der Waals surface area contributed by atoms with Crippen molar-refractivity contribution in [2.75, 3.05) is 5.32 Å². The van der Waals surface area contributed by atoms with Gasteiger partial charge in [0.25, 0.3) is 11.6 Å². The van der Waals surface area contributed by atoms with Gasteiger partial charge in [-0.1, -0.05) is 59.6 Å². The summed E-state index contributed by atoms with van der Waals surface area (Å²) in [7, 11) is 0. The first-order chi connectivity index (χ1) is 17.8. The summed E-state index contributed by atoms with van der Waals surface area (Å²) in [5.74, 6) is -1.04. The molecule has 0 atom stereocenters. The smallest absolute Gasteiger partial charge is 0.387 e. The normalized spacial score (nSPS) is 10.7. The molecule has 8 nitrogen and oxygen atoms in total. The lowest BCUT2D eigenvalue weighted by Gasteiger charge is -2.11. The molecular weight excluding hydrogens is 531 g/mol. The number of pyridine rings is 1. The van der Waals surface area contributed by atoms with Crippen molar-refractivity contribution in [2.45, 2.75) is 6.61 Å². The summed E-state index contributed by atoms with van der Waals surface area (Å²) in [6, 6.07) is 18.0. The second-order valence-corrected chi connectivity index (χ2v) is 8.13. The van der Waals surface area contributed by atoms with Gasteiger partial charge >= 0.3 is 6.61 Å². The Morgan fingerprint density at radius 2 is 1.65 bits per heavy atom. The highest BCUT2D eigenvalue weighted by molar-refractivity contribution is 6.40. The number of nitro groups is 1. The average Bonchev–Trinajstić information content (AvgIpc) is 3.27. The molecular formula is C25H15Cl2F2N3O5. The lowest BCUT2D eigenvalue weighted by atomic mass is 10.0. The molecule has 1 N–H and O–H groups in total. The van der Waals surface area contributed by atoms with E-state index in [-0.39, 0.29) is 54.7 Å². The molecule has 0 saturated carbocycles. The van der Waals surface area contributed by atoms with Crippen molar-refractivity contribution < 1.29 is 27.7 Å². The van der Waals surface area contributed by atoms with Crippen LogP contribution < -0.4 is 10.1 Å². The molecule has 0 aliphatic heterocycles. The summed E-state index contributed by atoms with van der Waals surface area (Å²) < 4.78 is 35.8. The van der Waals surface area contributed by atoms with Crippen LogP contribution in [0.15, 0.2) is 83.5 Å². The van der Waals surface area contributed by atoms with Crippen molar-refractivity contribution in [3.63, 3.8) is 0 Å². The van der Waals surface area contributed by atoms with Crippen molar-refractivity contribution in [2.24, 2.45) is 0 Å². The molecule has 1 amide bonds. The number of aromatic nitrogens is 1. The van der Waals surface area contributed by atoms with E-state index in [1.165, 1.54) is 36.7 Å². The van der Waals surface area contributed by atoms with Crippen molar-refractivity contribution in [1.29, 1.82) is 0 Å². The number of rotatable bonds is 5. The number of nitrogens with zero attached hydrogens (tertiary/aromatic N) is 2. The van der Waals surface area contributed by atoms with Gasteiger partial charge in [0, 0.05) is 35.3 Å². The molecule has 0 aliphatic carbocycles. The van der Waals surface area contributed by atoms with E-state index >= 15 is 0 Å². The van der Waals surface area contributed by atoms with Gasteiger partial charge in [0.2, 0.25) is 0 Å². The van der Waals surface area contributed by atoms with Gasteiger partial charge in [0.15, 0.2) is 11.3 Å². The third kappa shape index (κ3) is 5.76. The zero-order chi connectivity index (χ0) is 26.5. The first kappa shape index (κ1) is 25.8. The first-order valence-corrected chi connectivity index (χ1v) is 11.2. The molecule has 0 saturated heterocycles. The highest BCUT2D eigenvalue weighted by Gasteiger charge is 2.24. The minimum atomic E-state index is -3.15. The monoisotopic (exact) mass is 545 g/mol. The van der Waals surface area contributed by atoms with Gasteiger partial charge < -0.3 is 14.5 Å². The van der Waals surface area contributed by atoms with E-state index in [9.17, 15) is 23.7 Å². The number of furan rings is 1. The molecule has 12 heteroatoms. The lowest BCUT2D eigenvalue weighted by molar-refractivity contribution is -0.384. The molecule has 2 aromatic heterocycles. The van der Waals surface area contributed by atoms with Crippen molar-refractivity contribution in [3.05, 3.63) is 105 Å². The van der Waals surface area contributed by atoms with Crippen LogP contribution in [0, 0.1) is 10.1 Å². The molecule has 5 aromatic rings. The number of carbonyl (C=O) groups is 1. The summed E-state index contributed by atoms with van der Waals surface area (Å²) >= 11 is 12.1.